The summed E-state index contributed by atoms with van der Waals surface area (Å²) in [6, 6.07) is 1.91. The van der Waals surface area contributed by atoms with Crippen molar-refractivity contribution in [3.05, 3.63) is 17.6 Å². The zero-order chi connectivity index (χ0) is 7.82. The van der Waals surface area contributed by atoms with Crippen LogP contribution in [0.5, 0.6) is 0 Å². The largest absolute Gasteiger partial charge is 0.242 e. The lowest BCUT2D eigenvalue weighted by atomic mass is 10.8. The molecule has 0 unspecified atom stereocenters. The van der Waals surface area contributed by atoms with Gasteiger partial charge in [-0.3, -0.25) is 0 Å². The average Bonchev–Trinajstić information content (AvgIpc) is 2.43. The average molecular weight is 178 g/mol. The first-order valence-corrected chi connectivity index (χ1v) is 4.19. The van der Waals surface area contributed by atoms with Gasteiger partial charge in [-0.05, 0) is 17.6 Å². The predicted octanol–water partition coefficient (Wildman–Crippen LogP) is 0.357. The van der Waals surface area contributed by atoms with Crippen LogP contribution in [0.15, 0.2) is 22.0 Å². The van der Waals surface area contributed by atoms with Gasteiger partial charge in [-0.1, -0.05) is 0 Å². The van der Waals surface area contributed by atoms with Gasteiger partial charge in [-0.2, -0.15) is 4.40 Å². The van der Waals surface area contributed by atoms with Crippen molar-refractivity contribution in [2.75, 3.05) is 0 Å². The fourth-order valence-corrected chi connectivity index (χ4v) is 0.527. The number of aromatic nitrogens is 1. The number of hydrogen-bond acceptors (Lipinski definition) is 4. The smallest absolute Gasteiger partial charge is 0.208 e. The Balaban J connectivity index is 0.000000162. The Hall–Kier alpha value is -0.750. The zero-order valence-corrected chi connectivity index (χ0v) is 6.72. The highest BCUT2D eigenvalue weighted by Crippen LogP contribution is 1.83. The second-order valence-electron chi connectivity index (χ2n) is 1.07. The van der Waals surface area contributed by atoms with Crippen molar-refractivity contribution in [3.8, 4) is 0 Å². The molecule has 0 aliphatic carbocycles. The van der Waals surface area contributed by atoms with E-state index in [0.717, 1.165) is 0 Å². The molecule has 4 nitrogen and oxygen atoms in total. The normalized spacial score (nSPS) is 8.10. The van der Waals surface area contributed by atoms with Crippen molar-refractivity contribution in [3.63, 3.8) is 0 Å². The summed E-state index contributed by atoms with van der Waals surface area (Å²) in [7, 11) is -2.58. The van der Waals surface area contributed by atoms with Gasteiger partial charge in [0, 0.05) is 18.3 Å². The summed E-state index contributed by atoms with van der Waals surface area (Å²) in [5, 5.41) is 1.93. The van der Waals surface area contributed by atoms with E-state index in [1.807, 2.05) is 11.4 Å². The van der Waals surface area contributed by atoms with Crippen LogP contribution in [0.4, 0.5) is 0 Å². The highest BCUT2D eigenvalue weighted by molar-refractivity contribution is 7.71. The van der Waals surface area contributed by atoms with Crippen LogP contribution in [0, 0.1) is 0 Å². The van der Waals surface area contributed by atoms with Gasteiger partial charge < -0.3 is 0 Å². The SMILES string of the molecule is C=N[SH](=O)=O.c1cnsc1. The van der Waals surface area contributed by atoms with E-state index in [4.69, 9.17) is 0 Å². The Labute approximate surface area is 64.5 Å². The molecule has 0 aliphatic heterocycles. The third kappa shape index (κ3) is 7.25. The van der Waals surface area contributed by atoms with Crippen LogP contribution >= 0.6 is 11.5 Å². The maximum atomic E-state index is 9.18. The number of rotatable bonds is 1. The lowest BCUT2D eigenvalue weighted by molar-refractivity contribution is 0.616. The van der Waals surface area contributed by atoms with Gasteiger partial charge in [0.05, 0.1) is 0 Å². The van der Waals surface area contributed by atoms with E-state index in [1.54, 1.807) is 6.20 Å². The van der Waals surface area contributed by atoms with Gasteiger partial charge >= 0.3 is 0 Å². The van der Waals surface area contributed by atoms with E-state index >= 15 is 0 Å². The Kier molecular flexibility index (Phi) is 5.89. The predicted molar refractivity (Wildman–Crippen MR) is 42.0 cm³/mol. The maximum absolute atomic E-state index is 9.18. The molecule has 0 spiro atoms. The fraction of sp³-hybridized carbons (Fsp3) is 0. The summed E-state index contributed by atoms with van der Waals surface area (Å²) in [6.07, 6.45) is 1.77. The summed E-state index contributed by atoms with van der Waals surface area (Å²) >= 11 is 1.46. The van der Waals surface area contributed by atoms with E-state index < -0.39 is 10.9 Å². The molecule has 0 saturated heterocycles. The first-order chi connectivity index (χ1) is 4.77. The molecule has 0 bridgehead atoms. The van der Waals surface area contributed by atoms with Crippen LogP contribution in [0.25, 0.3) is 0 Å². The summed E-state index contributed by atoms with van der Waals surface area (Å²) in [4.78, 5) is 0. The van der Waals surface area contributed by atoms with Crippen LogP contribution in [0.1, 0.15) is 0 Å². The lowest BCUT2D eigenvalue weighted by Gasteiger charge is -1.52. The molecule has 0 aromatic carbocycles. The first kappa shape index (κ1) is 9.25. The second kappa shape index (κ2) is 6.37. The van der Waals surface area contributed by atoms with E-state index in [2.05, 4.69) is 15.5 Å². The quantitative estimate of drug-likeness (QED) is 0.499. The van der Waals surface area contributed by atoms with Gasteiger partial charge in [0.25, 0.3) is 0 Å². The maximum Gasteiger partial charge on any atom is 0.242 e. The minimum absolute atomic E-state index is 1.46. The van der Waals surface area contributed by atoms with Gasteiger partial charge in [-0.25, -0.2) is 12.8 Å². The van der Waals surface area contributed by atoms with E-state index in [1.165, 1.54) is 11.5 Å². The summed E-state index contributed by atoms with van der Waals surface area (Å²) in [6.45, 7) is 2.71. The molecular formula is C4H6N2O2S2. The highest BCUT2D eigenvalue weighted by Gasteiger charge is 1.59. The van der Waals surface area contributed by atoms with Gasteiger partial charge in [0.2, 0.25) is 10.9 Å². The molecule has 10 heavy (non-hydrogen) atoms. The minimum Gasteiger partial charge on any atom is -0.208 e. The fourth-order valence-electron chi connectivity index (χ4n) is 0.176. The van der Waals surface area contributed by atoms with Gasteiger partial charge in [0.15, 0.2) is 0 Å². The van der Waals surface area contributed by atoms with Crippen molar-refractivity contribution in [1.82, 2.24) is 4.37 Å². The van der Waals surface area contributed by atoms with E-state index in [9.17, 15) is 8.42 Å². The van der Waals surface area contributed by atoms with Crippen molar-refractivity contribution < 1.29 is 8.42 Å². The molecule has 0 amide bonds. The summed E-state index contributed by atoms with van der Waals surface area (Å²) in [5.74, 6) is 0. The molecule has 1 aromatic heterocycles. The Morgan fingerprint density at radius 3 is 2.30 bits per heavy atom. The third-order valence-corrected chi connectivity index (χ3v) is 1.22. The van der Waals surface area contributed by atoms with Gasteiger partial charge in [-0.15, -0.1) is 0 Å². The van der Waals surface area contributed by atoms with Crippen molar-refractivity contribution in [2.24, 2.45) is 4.40 Å². The van der Waals surface area contributed by atoms with Gasteiger partial charge in [0.1, 0.15) is 0 Å². The van der Waals surface area contributed by atoms with Crippen LogP contribution < -0.4 is 0 Å². The van der Waals surface area contributed by atoms with Crippen molar-refractivity contribution in [2.45, 2.75) is 0 Å². The Morgan fingerprint density at radius 1 is 1.60 bits per heavy atom. The van der Waals surface area contributed by atoms with Crippen LogP contribution in [0.3, 0.4) is 0 Å². The lowest BCUT2D eigenvalue weighted by Crippen LogP contribution is -1.56. The Morgan fingerprint density at radius 2 is 2.20 bits per heavy atom. The molecule has 0 fully saturated rings. The number of nitrogens with zero attached hydrogens (tertiary/aromatic N) is 2. The Bertz CT molecular complexity index is 204. The number of hydrogen-bond donors (Lipinski definition) is 1. The molecule has 0 saturated carbocycles. The molecule has 6 heteroatoms. The highest BCUT2D eigenvalue weighted by atomic mass is 32.2. The molecule has 0 radical (unpaired) electrons. The minimum atomic E-state index is -2.58. The van der Waals surface area contributed by atoms with Crippen molar-refractivity contribution >= 4 is 29.1 Å². The summed E-state index contributed by atoms with van der Waals surface area (Å²) in [5.41, 5.74) is 0. The molecule has 1 rings (SSSR count). The standard InChI is InChI=1S/C3H3NS.CH3NO2S/c1-2-4-5-3-1;1-2-5(3)4/h1-3H;5H,1H2. The molecular weight excluding hydrogens is 172 g/mol. The first-order valence-electron chi connectivity index (χ1n) is 2.22. The number of thiol groups is 1. The molecule has 0 N–H and O–H groups in total. The van der Waals surface area contributed by atoms with E-state index in [-0.39, 0.29) is 0 Å². The summed E-state index contributed by atoms with van der Waals surface area (Å²) < 4.78 is 24.7. The molecule has 56 valence electrons. The van der Waals surface area contributed by atoms with Crippen LogP contribution in [0.2, 0.25) is 0 Å². The third-order valence-electron chi connectivity index (χ3n) is 0.463. The molecule has 0 atom stereocenters. The van der Waals surface area contributed by atoms with Crippen LogP contribution in [-0.2, 0) is 10.9 Å². The topological polar surface area (TPSA) is 59.4 Å². The van der Waals surface area contributed by atoms with Crippen molar-refractivity contribution in [1.29, 1.82) is 0 Å². The van der Waals surface area contributed by atoms with Crippen LogP contribution in [-0.4, -0.2) is 19.5 Å². The molecule has 1 aromatic rings. The second-order valence-corrected chi connectivity index (χ2v) is 2.52. The molecule has 0 aliphatic rings. The molecule has 1 heterocycles. The van der Waals surface area contributed by atoms with E-state index in [0.29, 0.717) is 0 Å². The zero-order valence-electron chi connectivity index (χ0n) is 5.01. The monoisotopic (exact) mass is 178 g/mol.